The van der Waals surface area contributed by atoms with Crippen LogP contribution in [0.4, 0.5) is 0 Å². The van der Waals surface area contributed by atoms with Gasteiger partial charge in [-0.3, -0.25) is 4.79 Å². The van der Waals surface area contributed by atoms with Crippen LogP contribution in [-0.4, -0.2) is 16.1 Å². The number of rotatable bonds is 4. The Kier molecular flexibility index (Phi) is 4.67. The molecular formula is C20H13ClN2O5. The molecule has 2 heterocycles. The summed E-state index contributed by atoms with van der Waals surface area (Å²) in [5.41, 5.74) is 0.298. The lowest BCUT2D eigenvalue weighted by atomic mass is 10.1. The Labute approximate surface area is 163 Å². The molecular weight excluding hydrogens is 384 g/mol. The quantitative estimate of drug-likeness (QED) is 0.285. The molecule has 8 heteroatoms. The Morgan fingerprint density at radius 3 is 2.71 bits per heavy atom. The van der Waals surface area contributed by atoms with E-state index in [0.717, 1.165) is 0 Å². The lowest BCUT2D eigenvalue weighted by Gasteiger charge is -2.05. The predicted molar refractivity (Wildman–Crippen MR) is 102 cm³/mol. The van der Waals surface area contributed by atoms with Gasteiger partial charge in [0.1, 0.15) is 5.56 Å². The summed E-state index contributed by atoms with van der Waals surface area (Å²) in [5.74, 6) is 0.0949. The molecule has 0 spiro atoms. The lowest BCUT2D eigenvalue weighted by Crippen LogP contribution is -2.08. The molecule has 4 rings (SSSR count). The summed E-state index contributed by atoms with van der Waals surface area (Å²) in [6.45, 7) is 1.68. The second-order valence-corrected chi connectivity index (χ2v) is 6.32. The van der Waals surface area contributed by atoms with Crippen molar-refractivity contribution in [2.24, 2.45) is 0 Å². The van der Waals surface area contributed by atoms with E-state index in [9.17, 15) is 9.59 Å². The first kappa shape index (κ1) is 17.9. The Balaban J connectivity index is 1.76. The van der Waals surface area contributed by atoms with E-state index in [4.69, 9.17) is 25.3 Å². The minimum atomic E-state index is -0.682. The van der Waals surface area contributed by atoms with Gasteiger partial charge in [0.05, 0.1) is 0 Å². The summed E-state index contributed by atoms with van der Waals surface area (Å²) < 4.78 is 15.8. The number of hydrogen-bond acceptors (Lipinski definition) is 7. The molecule has 0 bridgehead atoms. The van der Waals surface area contributed by atoms with E-state index in [1.165, 1.54) is 0 Å². The van der Waals surface area contributed by atoms with Gasteiger partial charge in [0, 0.05) is 22.4 Å². The highest BCUT2D eigenvalue weighted by atomic mass is 35.5. The third-order valence-electron chi connectivity index (χ3n) is 4.00. The molecule has 0 aliphatic heterocycles. The van der Waals surface area contributed by atoms with E-state index in [1.807, 2.05) is 0 Å². The van der Waals surface area contributed by atoms with Crippen LogP contribution in [0, 0.1) is 0 Å². The second kappa shape index (κ2) is 7.28. The third-order valence-corrected chi connectivity index (χ3v) is 4.25. The van der Waals surface area contributed by atoms with Crippen molar-refractivity contribution in [3.05, 3.63) is 64.0 Å². The zero-order valence-electron chi connectivity index (χ0n) is 14.6. The number of esters is 1. The summed E-state index contributed by atoms with van der Waals surface area (Å²) in [7, 11) is 0. The Morgan fingerprint density at radius 2 is 1.96 bits per heavy atom. The molecule has 0 aliphatic rings. The smallest absolute Gasteiger partial charge is 0.349 e. The highest BCUT2D eigenvalue weighted by molar-refractivity contribution is 6.30. The molecule has 0 aliphatic carbocycles. The van der Waals surface area contributed by atoms with Crippen LogP contribution in [0.25, 0.3) is 33.8 Å². The summed E-state index contributed by atoms with van der Waals surface area (Å²) >= 11 is 5.88. The first-order valence-corrected chi connectivity index (χ1v) is 8.80. The highest BCUT2D eigenvalue weighted by Crippen LogP contribution is 2.28. The molecule has 0 atom stereocenters. The van der Waals surface area contributed by atoms with Gasteiger partial charge in [-0.2, -0.15) is 4.98 Å². The van der Waals surface area contributed by atoms with Gasteiger partial charge in [-0.05, 0) is 36.4 Å². The largest absolute Gasteiger partial charge is 0.422 e. The number of hydrogen-bond donors (Lipinski definition) is 0. The molecule has 2 aromatic heterocycles. The van der Waals surface area contributed by atoms with E-state index < -0.39 is 11.6 Å². The lowest BCUT2D eigenvalue weighted by molar-refractivity contribution is -0.133. The van der Waals surface area contributed by atoms with E-state index in [1.54, 1.807) is 55.5 Å². The number of benzene rings is 2. The second-order valence-electron chi connectivity index (χ2n) is 5.88. The molecule has 0 fully saturated rings. The molecule has 28 heavy (non-hydrogen) atoms. The van der Waals surface area contributed by atoms with Gasteiger partial charge in [0.15, 0.2) is 11.3 Å². The molecule has 0 radical (unpaired) electrons. The van der Waals surface area contributed by atoms with Gasteiger partial charge >= 0.3 is 11.6 Å². The maximum absolute atomic E-state index is 12.5. The summed E-state index contributed by atoms with van der Waals surface area (Å²) in [6.07, 6.45) is 0.203. The Bertz CT molecular complexity index is 1230. The molecule has 0 N–H and O–H groups in total. The van der Waals surface area contributed by atoms with Gasteiger partial charge in [-0.1, -0.05) is 35.8 Å². The zero-order valence-corrected chi connectivity index (χ0v) is 15.4. The molecule has 0 amide bonds. The topological polar surface area (TPSA) is 95.4 Å². The van der Waals surface area contributed by atoms with Crippen molar-refractivity contribution in [2.45, 2.75) is 13.3 Å². The van der Waals surface area contributed by atoms with Crippen LogP contribution in [0.1, 0.15) is 13.3 Å². The number of fused-ring (bicyclic) bond motifs is 1. The van der Waals surface area contributed by atoms with Crippen molar-refractivity contribution < 1.29 is 18.5 Å². The maximum atomic E-state index is 12.5. The molecule has 2 aromatic carbocycles. The van der Waals surface area contributed by atoms with Crippen LogP contribution in [-0.2, 0) is 4.79 Å². The van der Waals surface area contributed by atoms with E-state index >= 15 is 0 Å². The van der Waals surface area contributed by atoms with Crippen molar-refractivity contribution in [3.63, 3.8) is 0 Å². The zero-order chi connectivity index (χ0) is 19.7. The monoisotopic (exact) mass is 396 g/mol. The minimum absolute atomic E-state index is 0.0246. The van der Waals surface area contributed by atoms with E-state index in [0.29, 0.717) is 21.8 Å². The first-order valence-electron chi connectivity index (χ1n) is 8.42. The number of halogens is 1. The molecule has 0 unspecified atom stereocenters. The van der Waals surface area contributed by atoms with Crippen molar-refractivity contribution in [1.82, 2.24) is 10.1 Å². The maximum Gasteiger partial charge on any atom is 0.349 e. The van der Waals surface area contributed by atoms with Gasteiger partial charge in [-0.25, -0.2) is 4.79 Å². The first-order chi connectivity index (χ1) is 13.5. The summed E-state index contributed by atoms with van der Waals surface area (Å²) in [4.78, 5) is 28.3. The van der Waals surface area contributed by atoms with Crippen LogP contribution in [0.3, 0.4) is 0 Å². The Morgan fingerprint density at radius 1 is 1.18 bits per heavy atom. The molecule has 140 valence electrons. The van der Waals surface area contributed by atoms with Gasteiger partial charge in [0.2, 0.25) is 5.82 Å². The van der Waals surface area contributed by atoms with Gasteiger partial charge in [0.25, 0.3) is 5.89 Å². The molecule has 4 aromatic rings. The number of ether oxygens (including phenoxy) is 1. The van der Waals surface area contributed by atoms with Crippen molar-refractivity contribution in [1.29, 1.82) is 0 Å². The predicted octanol–water partition coefficient (Wildman–Crippen LogP) is 4.48. The normalized spacial score (nSPS) is 10.9. The van der Waals surface area contributed by atoms with E-state index in [-0.39, 0.29) is 29.2 Å². The average Bonchev–Trinajstić information content (AvgIpc) is 3.18. The van der Waals surface area contributed by atoms with Gasteiger partial charge in [-0.15, -0.1) is 0 Å². The number of nitrogens with zero attached hydrogens (tertiary/aromatic N) is 2. The van der Waals surface area contributed by atoms with Crippen molar-refractivity contribution in [3.8, 4) is 28.6 Å². The number of carbonyl (C=O) groups is 1. The number of aromatic nitrogens is 2. The van der Waals surface area contributed by atoms with Crippen LogP contribution in [0.15, 0.2) is 62.3 Å². The summed E-state index contributed by atoms with van der Waals surface area (Å²) in [5, 5.41) is 5.05. The fourth-order valence-electron chi connectivity index (χ4n) is 2.59. The highest BCUT2D eigenvalue weighted by Gasteiger charge is 2.18. The van der Waals surface area contributed by atoms with Crippen LogP contribution >= 0.6 is 11.6 Å². The molecule has 0 saturated carbocycles. The van der Waals surface area contributed by atoms with Crippen molar-refractivity contribution in [2.75, 3.05) is 0 Å². The molecule has 7 nitrogen and oxygen atoms in total. The van der Waals surface area contributed by atoms with Crippen LogP contribution < -0.4 is 10.4 Å². The standard InChI is InChI=1S/C20H13ClN2O5/c1-2-16(24)26-15-5-3-4-12-10-14(20(25)27-17(12)15)19-22-18(23-28-19)11-6-8-13(21)9-7-11/h3-10H,2H2,1H3. The number of carbonyl (C=O) groups excluding carboxylic acids is 1. The fourth-order valence-corrected chi connectivity index (χ4v) is 2.72. The Hall–Kier alpha value is -3.45. The van der Waals surface area contributed by atoms with E-state index in [2.05, 4.69) is 10.1 Å². The molecule has 0 saturated heterocycles. The minimum Gasteiger partial charge on any atom is -0.422 e. The fraction of sp³-hybridized carbons (Fsp3) is 0.100. The number of para-hydroxylation sites is 1. The summed E-state index contributed by atoms with van der Waals surface area (Å²) in [6, 6.07) is 13.4. The van der Waals surface area contributed by atoms with Crippen LogP contribution in [0.5, 0.6) is 5.75 Å². The van der Waals surface area contributed by atoms with Gasteiger partial charge < -0.3 is 13.7 Å². The average molecular weight is 397 g/mol. The van der Waals surface area contributed by atoms with Crippen molar-refractivity contribution >= 4 is 28.5 Å². The van der Waals surface area contributed by atoms with Crippen LogP contribution in [0.2, 0.25) is 5.02 Å². The third kappa shape index (κ3) is 3.39. The SMILES string of the molecule is CCC(=O)Oc1cccc2cc(-c3nc(-c4ccc(Cl)cc4)no3)c(=O)oc12.